The minimum absolute atomic E-state index is 0.0400. The zero-order valence-corrected chi connectivity index (χ0v) is 10.9. The summed E-state index contributed by atoms with van der Waals surface area (Å²) in [5.74, 6) is -2.46. The van der Waals surface area contributed by atoms with Gasteiger partial charge in [0.1, 0.15) is 18.8 Å². The summed E-state index contributed by atoms with van der Waals surface area (Å²) >= 11 is 0. The van der Waals surface area contributed by atoms with E-state index < -0.39 is 44.1 Å². The molecular formula is C11H16O10. The predicted octanol–water partition coefficient (Wildman–Crippen LogP) is -3.43. The van der Waals surface area contributed by atoms with Gasteiger partial charge in [-0.05, 0) is 0 Å². The summed E-state index contributed by atoms with van der Waals surface area (Å²) in [7, 11) is 0. The molecule has 0 aliphatic rings. The summed E-state index contributed by atoms with van der Waals surface area (Å²) in [6, 6.07) is 0. The number of carbonyl (C=O) groups excluding carboxylic acids is 4. The summed E-state index contributed by atoms with van der Waals surface area (Å²) in [5, 5.41) is 26.7. The van der Waals surface area contributed by atoms with E-state index >= 15 is 0 Å². The lowest BCUT2D eigenvalue weighted by Crippen LogP contribution is -2.49. The SMILES string of the molecule is O=CC(CO)OC(C=O)OC(C=O)(CO)OC(C=O)CO. The third-order valence-corrected chi connectivity index (χ3v) is 2.15. The molecule has 0 radical (unpaired) electrons. The first-order valence-corrected chi connectivity index (χ1v) is 5.70. The molecule has 4 atom stereocenters. The molecule has 10 nitrogen and oxygen atoms in total. The lowest BCUT2D eigenvalue weighted by Gasteiger charge is -2.31. The smallest absolute Gasteiger partial charge is 0.253 e. The van der Waals surface area contributed by atoms with Crippen LogP contribution < -0.4 is 0 Å². The number of aldehydes is 4. The molecule has 3 N–H and O–H groups in total. The van der Waals surface area contributed by atoms with E-state index in [1.54, 1.807) is 0 Å². The minimum Gasteiger partial charge on any atom is -0.393 e. The number of aliphatic hydroxyl groups excluding tert-OH is 3. The Hall–Kier alpha value is -1.56. The molecular weight excluding hydrogens is 292 g/mol. The zero-order chi connectivity index (χ0) is 16.3. The van der Waals surface area contributed by atoms with Gasteiger partial charge in [0.05, 0.1) is 13.2 Å². The molecule has 0 heterocycles. The van der Waals surface area contributed by atoms with Crippen LogP contribution in [0.1, 0.15) is 0 Å². The van der Waals surface area contributed by atoms with E-state index in [0.29, 0.717) is 0 Å². The zero-order valence-electron chi connectivity index (χ0n) is 10.9. The quantitative estimate of drug-likeness (QED) is 0.231. The van der Waals surface area contributed by atoms with Crippen molar-refractivity contribution in [3.63, 3.8) is 0 Å². The van der Waals surface area contributed by atoms with Crippen molar-refractivity contribution < 1.29 is 48.7 Å². The highest BCUT2D eigenvalue weighted by Crippen LogP contribution is 2.16. The lowest BCUT2D eigenvalue weighted by molar-refractivity contribution is -0.301. The van der Waals surface area contributed by atoms with Gasteiger partial charge in [-0.2, -0.15) is 0 Å². The first kappa shape index (κ1) is 19.4. The fourth-order valence-electron chi connectivity index (χ4n) is 1.13. The fraction of sp³-hybridized carbons (Fsp3) is 0.636. The molecule has 0 saturated heterocycles. The van der Waals surface area contributed by atoms with Gasteiger partial charge in [-0.15, -0.1) is 0 Å². The van der Waals surface area contributed by atoms with Crippen LogP contribution in [0.5, 0.6) is 0 Å². The van der Waals surface area contributed by atoms with Crippen molar-refractivity contribution in [1.29, 1.82) is 0 Å². The highest BCUT2D eigenvalue weighted by atomic mass is 16.8. The minimum atomic E-state index is -2.46. The number of hydrogen-bond donors (Lipinski definition) is 3. The number of carbonyl (C=O) groups is 4. The Bertz CT molecular complexity index is 346. The standard InChI is InChI=1S/C11H16O10/c12-1-8(2-13)19-10(5-16)21-11(6-17,7-18)20-9(3-14)4-15/h1,3,5-6,8-10,13,15,18H,2,4,7H2. The average Bonchev–Trinajstić information content (AvgIpc) is 2.54. The molecule has 120 valence electrons. The summed E-state index contributed by atoms with van der Waals surface area (Å²) < 4.78 is 14.2. The second-order valence-corrected chi connectivity index (χ2v) is 3.68. The second kappa shape index (κ2) is 10.2. The van der Waals surface area contributed by atoms with E-state index in [0.717, 1.165) is 0 Å². The summed E-state index contributed by atoms with van der Waals surface area (Å²) in [5.41, 5.74) is 0. The van der Waals surface area contributed by atoms with Gasteiger partial charge in [0.25, 0.3) is 5.79 Å². The normalized spacial score (nSPS) is 18.0. The molecule has 0 aromatic heterocycles. The third kappa shape index (κ3) is 6.16. The number of rotatable bonds is 13. The number of hydrogen-bond acceptors (Lipinski definition) is 10. The third-order valence-electron chi connectivity index (χ3n) is 2.15. The van der Waals surface area contributed by atoms with Crippen LogP contribution in [-0.2, 0) is 33.4 Å². The fourth-order valence-corrected chi connectivity index (χ4v) is 1.13. The monoisotopic (exact) mass is 308 g/mol. The average molecular weight is 308 g/mol. The van der Waals surface area contributed by atoms with Gasteiger partial charge in [-0.25, -0.2) is 0 Å². The molecule has 0 fully saturated rings. The van der Waals surface area contributed by atoms with Gasteiger partial charge >= 0.3 is 0 Å². The van der Waals surface area contributed by atoms with E-state index in [1.807, 2.05) is 0 Å². The van der Waals surface area contributed by atoms with Crippen LogP contribution in [-0.4, -0.2) is 84.6 Å². The van der Waals surface area contributed by atoms with Crippen molar-refractivity contribution in [2.75, 3.05) is 19.8 Å². The Morgan fingerprint density at radius 3 is 1.76 bits per heavy atom. The Morgan fingerprint density at radius 2 is 1.43 bits per heavy atom. The van der Waals surface area contributed by atoms with Crippen LogP contribution in [0.25, 0.3) is 0 Å². The molecule has 0 amide bonds. The molecule has 0 aromatic rings. The van der Waals surface area contributed by atoms with Gasteiger partial charge in [-0.1, -0.05) is 0 Å². The van der Waals surface area contributed by atoms with Gasteiger partial charge < -0.3 is 39.1 Å². The van der Waals surface area contributed by atoms with Gasteiger partial charge in [-0.3, -0.25) is 9.59 Å². The molecule has 4 unspecified atom stereocenters. The number of aliphatic hydroxyl groups is 3. The van der Waals surface area contributed by atoms with Crippen LogP contribution in [0.2, 0.25) is 0 Å². The first-order chi connectivity index (χ1) is 10.0. The van der Waals surface area contributed by atoms with Crippen LogP contribution in [0.4, 0.5) is 0 Å². The van der Waals surface area contributed by atoms with E-state index in [2.05, 4.69) is 0 Å². The van der Waals surface area contributed by atoms with Gasteiger partial charge in [0.2, 0.25) is 6.29 Å². The van der Waals surface area contributed by atoms with Crippen LogP contribution in [0, 0.1) is 0 Å². The van der Waals surface area contributed by atoms with Crippen molar-refractivity contribution in [3.05, 3.63) is 0 Å². The maximum Gasteiger partial charge on any atom is 0.253 e. The van der Waals surface area contributed by atoms with E-state index in [1.165, 1.54) is 0 Å². The van der Waals surface area contributed by atoms with Crippen molar-refractivity contribution in [2.24, 2.45) is 0 Å². The van der Waals surface area contributed by atoms with Gasteiger partial charge in [0.15, 0.2) is 25.1 Å². The Morgan fingerprint density at radius 1 is 0.857 bits per heavy atom. The molecule has 0 saturated carbocycles. The molecule has 0 rings (SSSR count). The Labute approximate surface area is 119 Å². The lowest BCUT2D eigenvalue weighted by atomic mass is 10.3. The van der Waals surface area contributed by atoms with Crippen molar-refractivity contribution >= 4 is 25.1 Å². The summed E-state index contributed by atoms with van der Waals surface area (Å²) in [4.78, 5) is 42.8. The predicted molar refractivity (Wildman–Crippen MR) is 62.9 cm³/mol. The van der Waals surface area contributed by atoms with E-state index in [9.17, 15) is 19.2 Å². The molecule has 0 aliphatic carbocycles. The van der Waals surface area contributed by atoms with Crippen LogP contribution >= 0.6 is 0 Å². The Balaban J connectivity index is 5.00. The van der Waals surface area contributed by atoms with E-state index in [-0.39, 0.29) is 25.1 Å². The van der Waals surface area contributed by atoms with Crippen LogP contribution in [0.3, 0.4) is 0 Å². The van der Waals surface area contributed by atoms with Crippen molar-refractivity contribution in [3.8, 4) is 0 Å². The maximum absolute atomic E-state index is 11.0. The first-order valence-electron chi connectivity index (χ1n) is 5.70. The van der Waals surface area contributed by atoms with Crippen LogP contribution in [0.15, 0.2) is 0 Å². The molecule has 0 aliphatic heterocycles. The number of ether oxygens (including phenoxy) is 3. The Kier molecular flexibility index (Phi) is 9.45. The van der Waals surface area contributed by atoms with Crippen molar-refractivity contribution in [2.45, 2.75) is 24.3 Å². The van der Waals surface area contributed by atoms with Crippen molar-refractivity contribution in [1.82, 2.24) is 0 Å². The molecule has 0 spiro atoms. The summed E-state index contributed by atoms with van der Waals surface area (Å²) in [6.45, 7) is -2.65. The molecule has 0 bridgehead atoms. The highest BCUT2D eigenvalue weighted by molar-refractivity contribution is 5.64. The largest absolute Gasteiger partial charge is 0.393 e. The van der Waals surface area contributed by atoms with E-state index in [4.69, 9.17) is 29.5 Å². The molecule has 21 heavy (non-hydrogen) atoms. The second-order valence-electron chi connectivity index (χ2n) is 3.68. The molecule has 0 aromatic carbocycles. The maximum atomic E-state index is 11.0. The summed E-state index contributed by atoms with van der Waals surface area (Å²) in [6.07, 6.45) is -4.40. The van der Waals surface area contributed by atoms with Gasteiger partial charge in [0, 0.05) is 0 Å². The molecule has 10 heteroatoms. The highest BCUT2D eigenvalue weighted by Gasteiger charge is 2.38. The topological polar surface area (TPSA) is 157 Å².